The van der Waals surface area contributed by atoms with Gasteiger partial charge >= 0.3 is 5.97 Å². The lowest BCUT2D eigenvalue weighted by Gasteiger charge is -2.09. The van der Waals surface area contributed by atoms with E-state index >= 15 is 0 Å². The maximum Gasteiger partial charge on any atom is 0.342 e. The summed E-state index contributed by atoms with van der Waals surface area (Å²) >= 11 is 0. The second kappa shape index (κ2) is 8.33. The van der Waals surface area contributed by atoms with E-state index in [0.717, 1.165) is 0 Å². The highest BCUT2D eigenvalue weighted by molar-refractivity contribution is 5.96. The van der Waals surface area contributed by atoms with Crippen LogP contribution < -0.4 is 15.6 Å². The standard InChI is InChI=1S/C17H16N2O5/c1-23-14-10-6-5-9-13(14)17(22)24-11-15(20)18-19-16(21)12-7-3-2-4-8-12/h2-10H,11H2,1H3,(H,18,20)(H,19,21). The molecule has 0 saturated heterocycles. The first-order valence-corrected chi connectivity index (χ1v) is 7.06. The van der Waals surface area contributed by atoms with Gasteiger partial charge in [-0.05, 0) is 24.3 Å². The molecule has 7 heteroatoms. The third kappa shape index (κ3) is 4.57. The van der Waals surface area contributed by atoms with Gasteiger partial charge in [-0.3, -0.25) is 20.4 Å². The molecule has 0 aliphatic carbocycles. The number of hydrogen-bond acceptors (Lipinski definition) is 5. The lowest BCUT2D eigenvalue weighted by molar-refractivity contribution is -0.125. The number of nitrogens with one attached hydrogen (secondary N) is 2. The minimum absolute atomic E-state index is 0.209. The van der Waals surface area contributed by atoms with E-state index in [0.29, 0.717) is 11.3 Å². The molecule has 0 spiro atoms. The van der Waals surface area contributed by atoms with Gasteiger partial charge in [0.25, 0.3) is 11.8 Å². The highest BCUT2D eigenvalue weighted by Gasteiger charge is 2.15. The van der Waals surface area contributed by atoms with Crippen LogP contribution in [0.25, 0.3) is 0 Å². The van der Waals surface area contributed by atoms with E-state index in [1.54, 1.807) is 48.5 Å². The first-order chi connectivity index (χ1) is 11.6. The van der Waals surface area contributed by atoms with Crippen LogP contribution in [0.2, 0.25) is 0 Å². The van der Waals surface area contributed by atoms with Crippen molar-refractivity contribution < 1.29 is 23.9 Å². The molecule has 24 heavy (non-hydrogen) atoms. The predicted molar refractivity (Wildman–Crippen MR) is 85.3 cm³/mol. The number of hydrazine groups is 1. The fourth-order valence-electron chi connectivity index (χ4n) is 1.85. The molecule has 0 radical (unpaired) electrons. The Kier molecular flexibility index (Phi) is 5.90. The van der Waals surface area contributed by atoms with Crippen LogP contribution in [0.4, 0.5) is 0 Å². The van der Waals surface area contributed by atoms with Crippen LogP contribution in [0.5, 0.6) is 5.75 Å². The number of amides is 2. The zero-order chi connectivity index (χ0) is 17.4. The molecular formula is C17H16N2O5. The minimum Gasteiger partial charge on any atom is -0.496 e. The molecule has 0 atom stereocenters. The molecule has 0 bridgehead atoms. The second-order valence-corrected chi connectivity index (χ2v) is 4.64. The minimum atomic E-state index is -0.697. The monoisotopic (exact) mass is 328 g/mol. The molecule has 0 fully saturated rings. The van der Waals surface area contributed by atoms with Gasteiger partial charge in [-0.2, -0.15) is 0 Å². The quantitative estimate of drug-likeness (QED) is 0.638. The van der Waals surface area contributed by atoms with Gasteiger partial charge in [0, 0.05) is 5.56 Å². The Hall–Kier alpha value is -3.35. The molecule has 0 heterocycles. The lowest BCUT2D eigenvalue weighted by Crippen LogP contribution is -2.43. The Balaban J connectivity index is 1.81. The number of hydrogen-bond donors (Lipinski definition) is 2. The van der Waals surface area contributed by atoms with E-state index in [2.05, 4.69) is 10.9 Å². The van der Waals surface area contributed by atoms with E-state index in [-0.39, 0.29) is 5.56 Å². The molecule has 124 valence electrons. The highest BCUT2D eigenvalue weighted by atomic mass is 16.5. The number of carbonyl (C=O) groups excluding carboxylic acids is 3. The zero-order valence-electron chi connectivity index (χ0n) is 12.9. The number of esters is 1. The fraction of sp³-hybridized carbons (Fsp3) is 0.118. The molecule has 0 aromatic heterocycles. The summed E-state index contributed by atoms with van der Waals surface area (Å²) in [6.07, 6.45) is 0. The number of carbonyl (C=O) groups is 3. The molecule has 2 N–H and O–H groups in total. The average Bonchev–Trinajstić information content (AvgIpc) is 2.64. The van der Waals surface area contributed by atoms with Gasteiger partial charge in [0.2, 0.25) is 0 Å². The van der Waals surface area contributed by atoms with Gasteiger partial charge in [0.05, 0.1) is 7.11 Å². The van der Waals surface area contributed by atoms with Crippen LogP contribution in [0.15, 0.2) is 54.6 Å². The fourth-order valence-corrected chi connectivity index (χ4v) is 1.85. The van der Waals surface area contributed by atoms with Crippen molar-refractivity contribution in [2.24, 2.45) is 0 Å². The Morgan fingerprint density at radius 1 is 0.917 bits per heavy atom. The molecule has 7 nitrogen and oxygen atoms in total. The van der Waals surface area contributed by atoms with Crippen molar-refractivity contribution in [2.45, 2.75) is 0 Å². The summed E-state index contributed by atoms with van der Waals surface area (Å²) in [6.45, 7) is -0.536. The van der Waals surface area contributed by atoms with Crippen LogP contribution in [0, 0.1) is 0 Å². The van der Waals surface area contributed by atoms with Crippen LogP contribution >= 0.6 is 0 Å². The van der Waals surface area contributed by atoms with Crippen LogP contribution in [-0.4, -0.2) is 31.5 Å². The van der Waals surface area contributed by atoms with Crippen molar-refractivity contribution in [1.82, 2.24) is 10.9 Å². The molecule has 2 amide bonds. The highest BCUT2D eigenvalue weighted by Crippen LogP contribution is 2.17. The Morgan fingerprint density at radius 3 is 2.29 bits per heavy atom. The molecule has 2 aromatic rings. The van der Waals surface area contributed by atoms with Crippen molar-refractivity contribution in [3.05, 3.63) is 65.7 Å². The van der Waals surface area contributed by atoms with Gasteiger partial charge in [0.15, 0.2) is 6.61 Å². The number of rotatable bonds is 5. The average molecular weight is 328 g/mol. The number of ether oxygens (including phenoxy) is 2. The van der Waals surface area contributed by atoms with Crippen molar-refractivity contribution in [3.63, 3.8) is 0 Å². The molecule has 0 aliphatic rings. The molecular weight excluding hydrogens is 312 g/mol. The Labute approximate surface area is 138 Å². The van der Waals surface area contributed by atoms with E-state index < -0.39 is 24.4 Å². The maximum atomic E-state index is 11.9. The summed E-state index contributed by atoms with van der Waals surface area (Å²) in [5.41, 5.74) is 5.00. The summed E-state index contributed by atoms with van der Waals surface area (Å²) in [6, 6.07) is 14.9. The third-order valence-corrected chi connectivity index (χ3v) is 3.01. The number of benzene rings is 2. The van der Waals surface area contributed by atoms with Crippen LogP contribution in [0.1, 0.15) is 20.7 Å². The van der Waals surface area contributed by atoms with Crippen molar-refractivity contribution in [1.29, 1.82) is 0 Å². The summed E-state index contributed by atoms with van der Waals surface area (Å²) in [7, 11) is 1.43. The molecule has 2 rings (SSSR count). The first-order valence-electron chi connectivity index (χ1n) is 7.06. The van der Waals surface area contributed by atoms with E-state index in [1.165, 1.54) is 13.2 Å². The van der Waals surface area contributed by atoms with Crippen molar-refractivity contribution in [3.8, 4) is 5.75 Å². The van der Waals surface area contributed by atoms with E-state index in [1.807, 2.05) is 0 Å². The van der Waals surface area contributed by atoms with Gasteiger partial charge < -0.3 is 9.47 Å². The van der Waals surface area contributed by atoms with Crippen molar-refractivity contribution >= 4 is 17.8 Å². The molecule has 0 unspecified atom stereocenters. The van der Waals surface area contributed by atoms with Gasteiger partial charge in [-0.15, -0.1) is 0 Å². The number of para-hydroxylation sites is 1. The van der Waals surface area contributed by atoms with Gasteiger partial charge in [-0.1, -0.05) is 30.3 Å². The first kappa shape index (κ1) is 17.0. The van der Waals surface area contributed by atoms with E-state index in [9.17, 15) is 14.4 Å². The summed E-state index contributed by atoms with van der Waals surface area (Å²) in [5.74, 6) is -1.49. The Bertz CT molecular complexity index is 731. The largest absolute Gasteiger partial charge is 0.496 e. The van der Waals surface area contributed by atoms with Crippen LogP contribution in [0.3, 0.4) is 0 Å². The van der Waals surface area contributed by atoms with E-state index in [4.69, 9.17) is 9.47 Å². The predicted octanol–water partition coefficient (Wildman–Crippen LogP) is 1.31. The molecule has 0 aliphatic heterocycles. The topological polar surface area (TPSA) is 93.7 Å². The van der Waals surface area contributed by atoms with Crippen LogP contribution in [-0.2, 0) is 9.53 Å². The van der Waals surface area contributed by atoms with Gasteiger partial charge in [-0.25, -0.2) is 4.79 Å². The third-order valence-electron chi connectivity index (χ3n) is 3.01. The number of methoxy groups -OCH3 is 1. The van der Waals surface area contributed by atoms with Gasteiger partial charge in [0.1, 0.15) is 11.3 Å². The zero-order valence-corrected chi connectivity index (χ0v) is 12.9. The smallest absolute Gasteiger partial charge is 0.342 e. The van der Waals surface area contributed by atoms with Crippen molar-refractivity contribution in [2.75, 3.05) is 13.7 Å². The SMILES string of the molecule is COc1ccccc1C(=O)OCC(=O)NNC(=O)c1ccccc1. The maximum absolute atomic E-state index is 11.9. The summed E-state index contributed by atoms with van der Waals surface area (Å²) < 4.78 is 9.93. The summed E-state index contributed by atoms with van der Waals surface area (Å²) in [5, 5.41) is 0. The normalized spacial score (nSPS) is 9.71. The Morgan fingerprint density at radius 2 is 1.58 bits per heavy atom. The second-order valence-electron chi connectivity index (χ2n) is 4.64. The summed E-state index contributed by atoms with van der Waals surface area (Å²) in [4.78, 5) is 35.3. The lowest BCUT2D eigenvalue weighted by atomic mass is 10.2. The molecule has 2 aromatic carbocycles. The molecule has 0 saturated carbocycles.